The van der Waals surface area contributed by atoms with Gasteiger partial charge in [-0.25, -0.2) is 4.98 Å². The molecule has 0 aromatic carbocycles. The Morgan fingerprint density at radius 2 is 2.47 bits per heavy atom. The third-order valence-electron chi connectivity index (χ3n) is 1.84. The van der Waals surface area contributed by atoms with Crippen LogP contribution in [-0.4, -0.2) is 36.6 Å². The highest BCUT2D eigenvalue weighted by Crippen LogP contribution is 2.06. The lowest BCUT2D eigenvalue weighted by molar-refractivity contribution is 0.110. The Bertz CT molecular complexity index is 317. The predicted octanol–water partition coefficient (Wildman–Crippen LogP) is 0.121. The van der Waals surface area contributed by atoms with Gasteiger partial charge in [-0.3, -0.25) is 10.1 Å². The van der Waals surface area contributed by atoms with Crippen molar-refractivity contribution < 1.29 is 14.6 Å². The van der Waals surface area contributed by atoms with E-state index in [1.165, 1.54) is 0 Å². The molecule has 15 heavy (non-hydrogen) atoms. The first-order chi connectivity index (χ1) is 7.27. The van der Waals surface area contributed by atoms with Gasteiger partial charge in [0.1, 0.15) is 11.9 Å². The minimum absolute atomic E-state index is 0.306. The maximum atomic E-state index is 10.5. The van der Waals surface area contributed by atoms with Gasteiger partial charge in [0, 0.05) is 13.7 Å². The fraction of sp³-hybridized carbons (Fsp3) is 0.400. The maximum Gasteiger partial charge on any atom is 0.168 e. The summed E-state index contributed by atoms with van der Waals surface area (Å²) in [6.07, 6.45) is -0.231. The summed E-state index contributed by atoms with van der Waals surface area (Å²) in [5.74, 6) is 0. The normalized spacial score (nSPS) is 12.4. The first-order valence-corrected chi connectivity index (χ1v) is 4.60. The van der Waals surface area contributed by atoms with Crippen LogP contribution in [0.2, 0.25) is 0 Å². The Morgan fingerprint density at radius 3 is 3.13 bits per heavy atom. The molecule has 1 heterocycles. The Kier molecular flexibility index (Phi) is 4.89. The zero-order valence-corrected chi connectivity index (χ0v) is 8.51. The van der Waals surface area contributed by atoms with E-state index in [0.29, 0.717) is 30.8 Å². The molecule has 0 fully saturated rings. The fourth-order valence-electron chi connectivity index (χ4n) is 1.09. The predicted molar refractivity (Wildman–Crippen MR) is 54.5 cm³/mol. The smallest absolute Gasteiger partial charge is 0.168 e. The molecular weight excluding hydrogens is 196 g/mol. The maximum absolute atomic E-state index is 10.5. The number of rotatable bonds is 6. The van der Waals surface area contributed by atoms with Gasteiger partial charge in [-0.1, -0.05) is 6.07 Å². The van der Waals surface area contributed by atoms with Gasteiger partial charge in [-0.05, 0) is 12.1 Å². The van der Waals surface area contributed by atoms with Gasteiger partial charge in [-0.2, -0.15) is 0 Å². The van der Waals surface area contributed by atoms with Crippen molar-refractivity contribution in [3.8, 4) is 0 Å². The molecule has 0 aliphatic heterocycles. The van der Waals surface area contributed by atoms with Crippen LogP contribution in [0.4, 0.5) is 0 Å². The van der Waals surface area contributed by atoms with Crippen LogP contribution in [0.5, 0.6) is 0 Å². The first-order valence-electron chi connectivity index (χ1n) is 4.60. The second-order valence-electron chi connectivity index (χ2n) is 2.95. The average molecular weight is 210 g/mol. The molecular formula is C10H14N2O3. The molecule has 0 amide bonds. The lowest BCUT2D eigenvalue weighted by Gasteiger charge is -2.11. The number of carbonyl (C=O) groups excluding carboxylic acids is 1. The SMILES string of the molecule is COCCNC(O)c1cccc(C=O)n1. The number of nitrogens with one attached hydrogen (secondary N) is 1. The highest BCUT2D eigenvalue weighted by molar-refractivity contribution is 5.71. The lowest BCUT2D eigenvalue weighted by Crippen LogP contribution is -2.25. The molecule has 0 bridgehead atoms. The van der Waals surface area contributed by atoms with Crippen LogP contribution in [0.25, 0.3) is 0 Å². The molecule has 0 aliphatic rings. The fourth-order valence-corrected chi connectivity index (χ4v) is 1.09. The number of carbonyl (C=O) groups is 1. The van der Waals surface area contributed by atoms with Crippen molar-refractivity contribution in [3.05, 3.63) is 29.6 Å². The van der Waals surface area contributed by atoms with Crippen LogP contribution in [0.1, 0.15) is 22.4 Å². The number of aliphatic hydroxyl groups excluding tert-OH is 1. The van der Waals surface area contributed by atoms with Crippen LogP contribution in [-0.2, 0) is 4.74 Å². The number of aliphatic hydroxyl groups is 1. The van der Waals surface area contributed by atoms with E-state index in [1.54, 1.807) is 25.3 Å². The molecule has 0 saturated carbocycles. The van der Waals surface area contributed by atoms with Gasteiger partial charge < -0.3 is 9.84 Å². The van der Waals surface area contributed by atoms with E-state index in [-0.39, 0.29) is 0 Å². The number of hydrogen-bond donors (Lipinski definition) is 2. The number of methoxy groups -OCH3 is 1. The molecule has 82 valence electrons. The first kappa shape index (κ1) is 11.8. The van der Waals surface area contributed by atoms with E-state index in [2.05, 4.69) is 10.3 Å². The molecule has 0 radical (unpaired) electrons. The summed E-state index contributed by atoms with van der Waals surface area (Å²) < 4.78 is 4.82. The largest absolute Gasteiger partial charge is 0.383 e. The quantitative estimate of drug-likeness (QED) is 0.396. The number of ether oxygens (including phenoxy) is 1. The minimum atomic E-state index is -0.875. The van der Waals surface area contributed by atoms with Gasteiger partial charge in [0.15, 0.2) is 6.29 Å². The lowest BCUT2D eigenvalue weighted by atomic mass is 10.3. The molecule has 5 heteroatoms. The van der Waals surface area contributed by atoms with Crippen molar-refractivity contribution in [1.82, 2.24) is 10.3 Å². The van der Waals surface area contributed by atoms with Crippen molar-refractivity contribution in [2.45, 2.75) is 6.23 Å². The second kappa shape index (κ2) is 6.23. The number of aromatic nitrogens is 1. The Morgan fingerprint density at radius 1 is 1.67 bits per heavy atom. The van der Waals surface area contributed by atoms with Crippen LogP contribution < -0.4 is 5.32 Å². The number of nitrogens with zero attached hydrogens (tertiary/aromatic N) is 1. The molecule has 1 aromatic rings. The third kappa shape index (κ3) is 3.75. The van der Waals surface area contributed by atoms with Crippen LogP contribution in [0.15, 0.2) is 18.2 Å². The molecule has 1 unspecified atom stereocenters. The van der Waals surface area contributed by atoms with Gasteiger partial charge >= 0.3 is 0 Å². The molecule has 1 aromatic heterocycles. The second-order valence-corrected chi connectivity index (χ2v) is 2.95. The summed E-state index contributed by atoms with van der Waals surface area (Å²) in [5.41, 5.74) is 0.732. The topological polar surface area (TPSA) is 71.4 Å². The number of aldehydes is 1. The molecule has 0 spiro atoms. The Balaban J connectivity index is 2.56. The third-order valence-corrected chi connectivity index (χ3v) is 1.84. The summed E-state index contributed by atoms with van der Waals surface area (Å²) in [6, 6.07) is 4.91. The van der Waals surface area contributed by atoms with Gasteiger partial charge in [-0.15, -0.1) is 0 Å². The van der Waals surface area contributed by atoms with Crippen LogP contribution in [0.3, 0.4) is 0 Å². The Labute approximate surface area is 88.1 Å². The molecule has 1 atom stereocenters. The van der Waals surface area contributed by atoms with Crippen LogP contribution in [0, 0.1) is 0 Å². The van der Waals surface area contributed by atoms with Crippen molar-refractivity contribution in [3.63, 3.8) is 0 Å². The highest BCUT2D eigenvalue weighted by atomic mass is 16.5. The summed E-state index contributed by atoms with van der Waals surface area (Å²) in [7, 11) is 1.58. The molecule has 1 rings (SSSR count). The zero-order chi connectivity index (χ0) is 11.1. The minimum Gasteiger partial charge on any atom is -0.383 e. The molecule has 5 nitrogen and oxygen atoms in total. The summed E-state index contributed by atoms with van der Waals surface area (Å²) >= 11 is 0. The van der Waals surface area contributed by atoms with Gasteiger partial charge in [0.25, 0.3) is 0 Å². The standard InChI is InChI=1S/C10H14N2O3/c1-15-6-5-11-10(14)9-4-2-3-8(7-13)12-9/h2-4,7,10-11,14H,5-6H2,1H3. The average Bonchev–Trinajstić information content (AvgIpc) is 2.29. The van der Waals surface area contributed by atoms with E-state index in [9.17, 15) is 9.90 Å². The van der Waals surface area contributed by atoms with Crippen LogP contribution >= 0.6 is 0 Å². The van der Waals surface area contributed by atoms with E-state index in [1.807, 2.05) is 0 Å². The van der Waals surface area contributed by atoms with Crippen molar-refractivity contribution >= 4 is 6.29 Å². The van der Waals surface area contributed by atoms with Gasteiger partial charge in [0.2, 0.25) is 0 Å². The summed E-state index contributed by atoms with van der Waals surface area (Å²) in [5, 5.41) is 12.4. The van der Waals surface area contributed by atoms with E-state index in [4.69, 9.17) is 4.74 Å². The molecule has 0 aliphatic carbocycles. The molecule has 0 saturated heterocycles. The highest BCUT2D eigenvalue weighted by Gasteiger charge is 2.07. The van der Waals surface area contributed by atoms with Crippen molar-refractivity contribution in [1.29, 1.82) is 0 Å². The van der Waals surface area contributed by atoms with Crippen molar-refractivity contribution in [2.24, 2.45) is 0 Å². The van der Waals surface area contributed by atoms with E-state index in [0.717, 1.165) is 0 Å². The van der Waals surface area contributed by atoms with Crippen molar-refractivity contribution in [2.75, 3.05) is 20.3 Å². The monoisotopic (exact) mass is 210 g/mol. The van der Waals surface area contributed by atoms with E-state index < -0.39 is 6.23 Å². The van der Waals surface area contributed by atoms with E-state index >= 15 is 0 Å². The number of hydrogen-bond acceptors (Lipinski definition) is 5. The Hall–Kier alpha value is -1.30. The van der Waals surface area contributed by atoms with Gasteiger partial charge in [0.05, 0.1) is 12.3 Å². The summed E-state index contributed by atoms with van der Waals surface area (Å²) in [6.45, 7) is 1.02. The summed E-state index contributed by atoms with van der Waals surface area (Å²) in [4.78, 5) is 14.4. The number of pyridine rings is 1. The molecule has 2 N–H and O–H groups in total. The zero-order valence-electron chi connectivity index (χ0n) is 8.51.